The van der Waals surface area contributed by atoms with Crippen molar-refractivity contribution in [3.63, 3.8) is 0 Å². The van der Waals surface area contributed by atoms with Gasteiger partial charge in [0.15, 0.2) is 0 Å². The van der Waals surface area contributed by atoms with E-state index < -0.39 is 0 Å². The zero-order valence-corrected chi connectivity index (χ0v) is 17.9. The topological polar surface area (TPSA) is 0 Å². The van der Waals surface area contributed by atoms with E-state index in [-0.39, 0.29) is 40.1 Å². The molecule has 0 aliphatic carbocycles. The maximum Gasteiger partial charge on any atom is 0 e. The van der Waals surface area contributed by atoms with Gasteiger partial charge in [0.05, 0.1) is 0 Å². The molecule has 0 bridgehead atoms. The maximum atomic E-state index is 3.92. The molecule has 121 valence electrons. The largest absolute Gasteiger partial charge is 0.358 e. The van der Waals surface area contributed by atoms with Gasteiger partial charge in [-0.25, -0.2) is 0 Å². The molecule has 0 aromatic heterocycles. The first kappa shape index (κ1) is 26.0. The van der Waals surface area contributed by atoms with E-state index in [0.717, 1.165) is 24.2 Å². The van der Waals surface area contributed by atoms with Gasteiger partial charge in [0.2, 0.25) is 0 Å². The minimum atomic E-state index is 0. The van der Waals surface area contributed by atoms with Gasteiger partial charge in [-0.05, 0) is 17.8 Å². The van der Waals surface area contributed by atoms with Crippen LogP contribution in [0.4, 0.5) is 0 Å². The summed E-state index contributed by atoms with van der Waals surface area (Å²) in [6.07, 6.45) is 13.8. The van der Waals surface area contributed by atoms with E-state index in [0.29, 0.717) is 0 Å². The van der Waals surface area contributed by atoms with E-state index in [2.05, 4.69) is 34.6 Å². The van der Waals surface area contributed by atoms with Gasteiger partial charge in [-0.2, -0.15) is 6.42 Å². The molecular formula is C19H40Y-2. The van der Waals surface area contributed by atoms with Gasteiger partial charge < -0.3 is 14.4 Å². The van der Waals surface area contributed by atoms with Crippen LogP contribution >= 0.6 is 0 Å². The van der Waals surface area contributed by atoms with Gasteiger partial charge in [-0.15, -0.1) is 0 Å². The molecule has 0 spiro atoms. The van der Waals surface area contributed by atoms with Crippen molar-refractivity contribution in [2.24, 2.45) is 17.8 Å². The summed E-state index contributed by atoms with van der Waals surface area (Å²) < 4.78 is 0. The molecule has 20 heavy (non-hydrogen) atoms. The summed E-state index contributed by atoms with van der Waals surface area (Å²) in [5.41, 5.74) is 0. The molecule has 0 N–H and O–H groups in total. The fourth-order valence-corrected chi connectivity index (χ4v) is 2.62. The zero-order chi connectivity index (χ0) is 13.8. The standard InChI is InChI=1S/C18H37.CH3.Y/c1-6-8-11-17(4)14-10-15-18(5)13-9-12-16(3)7-2;;/h16-18H,1,6-15H2,2-5H3;1H3;/q2*-1;. The monoisotopic (exact) mass is 357 g/mol. The van der Waals surface area contributed by atoms with Crippen molar-refractivity contribution < 1.29 is 32.7 Å². The van der Waals surface area contributed by atoms with Gasteiger partial charge in [0.25, 0.3) is 0 Å². The van der Waals surface area contributed by atoms with Crippen LogP contribution in [0.15, 0.2) is 0 Å². The van der Waals surface area contributed by atoms with E-state index in [4.69, 9.17) is 0 Å². The van der Waals surface area contributed by atoms with Crippen LogP contribution in [-0.4, -0.2) is 0 Å². The Bertz CT molecular complexity index is 167. The van der Waals surface area contributed by atoms with E-state index >= 15 is 0 Å². The van der Waals surface area contributed by atoms with Crippen molar-refractivity contribution in [2.45, 2.75) is 91.9 Å². The Kier molecular flexibility index (Phi) is 23.6. The Morgan fingerprint density at radius 3 is 1.40 bits per heavy atom. The van der Waals surface area contributed by atoms with Crippen LogP contribution in [-0.2, 0) is 32.7 Å². The molecule has 1 radical (unpaired) electrons. The summed E-state index contributed by atoms with van der Waals surface area (Å²) in [5, 5.41) is 0. The molecule has 0 nitrogen and oxygen atoms in total. The summed E-state index contributed by atoms with van der Waals surface area (Å²) in [5.74, 6) is 2.79. The maximum absolute atomic E-state index is 3.92. The van der Waals surface area contributed by atoms with Crippen molar-refractivity contribution in [1.29, 1.82) is 0 Å². The minimum Gasteiger partial charge on any atom is -0.358 e. The van der Waals surface area contributed by atoms with Crippen LogP contribution in [0.2, 0.25) is 0 Å². The number of hydrogen-bond acceptors (Lipinski definition) is 0. The molecule has 0 saturated heterocycles. The molecule has 0 heterocycles. The van der Waals surface area contributed by atoms with E-state index in [1.54, 1.807) is 0 Å². The smallest absolute Gasteiger partial charge is 0 e. The Morgan fingerprint density at radius 2 is 1.05 bits per heavy atom. The van der Waals surface area contributed by atoms with Gasteiger partial charge >= 0.3 is 0 Å². The number of rotatable bonds is 12. The van der Waals surface area contributed by atoms with Crippen LogP contribution in [0.3, 0.4) is 0 Å². The van der Waals surface area contributed by atoms with Crippen LogP contribution in [0.5, 0.6) is 0 Å². The molecule has 0 saturated carbocycles. The predicted octanol–water partition coefficient (Wildman–Crippen LogP) is 7.10. The van der Waals surface area contributed by atoms with Crippen LogP contribution in [0.1, 0.15) is 91.9 Å². The third-order valence-corrected chi connectivity index (χ3v) is 4.43. The zero-order valence-electron chi connectivity index (χ0n) is 15.1. The fourth-order valence-electron chi connectivity index (χ4n) is 2.62. The van der Waals surface area contributed by atoms with E-state index in [1.165, 1.54) is 57.8 Å². The SMILES string of the molecule is [CH2-]CCCC(C)CCCC(C)CCCC(C)CC.[CH3-].[Y]. The van der Waals surface area contributed by atoms with Crippen molar-refractivity contribution in [3.8, 4) is 0 Å². The summed E-state index contributed by atoms with van der Waals surface area (Å²) >= 11 is 0. The average molecular weight is 357 g/mol. The first-order valence-electron chi connectivity index (χ1n) is 8.39. The van der Waals surface area contributed by atoms with Crippen molar-refractivity contribution in [3.05, 3.63) is 14.4 Å². The van der Waals surface area contributed by atoms with Gasteiger partial charge in [-0.1, -0.05) is 85.5 Å². The first-order valence-corrected chi connectivity index (χ1v) is 8.39. The molecule has 0 fully saturated rings. The molecule has 0 aromatic carbocycles. The average Bonchev–Trinajstić information content (AvgIpc) is 2.36. The molecule has 0 aliphatic heterocycles. The Labute approximate surface area is 156 Å². The Hall–Kier alpha value is 1.10. The van der Waals surface area contributed by atoms with Crippen molar-refractivity contribution in [1.82, 2.24) is 0 Å². The van der Waals surface area contributed by atoms with Crippen LogP contribution < -0.4 is 0 Å². The van der Waals surface area contributed by atoms with E-state index in [9.17, 15) is 0 Å². The van der Waals surface area contributed by atoms with E-state index in [1.807, 2.05) is 0 Å². The Morgan fingerprint density at radius 1 is 0.700 bits per heavy atom. The molecule has 0 amide bonds. The van der Waals surface area contributed by atoms with Crippen molar-refractivity contribution >= 4 is 0 Å². The molecule has 1 heteroatoms. The third kappa shape index (κ3) is 17.2. The van der Waals surface area contributed by atoms with Crippen molar-refractivity contribution in [2.75, 3.05) is 0 Å². The normalized spacial score (nSPS) is 14.8. The Balaban J connectivity index is -0.00000144. The van der Waals surface area contributed by atoms with Gasteiger partial charge in [0, 0.05) is 32.7 Å². The number of hydrogen-bond donors (Lipinski definition) is 0. The second kappa shape index (κ2) is 18.2. The summed E-state index contributed by atoms with van der Waals surface area (Å²) in [7, 11) is 0. The minimum absolute atomic E-state index is 0. The molecular weight excluding hydrogens is 317 g/mol. The number of unbranched alkanes of at least 4 members (excludes halogenated alkanes) is 1. The first-order chi connectivity index (χ1) is 8.60. The fraction of sp³-hybridized carbons (Fsp3) is 0.895. The molecule has 3 unspecified atom stereocenters. The quantitative estimate of drug-likeness (QED) is 0.327. The van der Waals surface area contributed by atoms with Crippen LogP contribution in [0, 0.1) is 32.1 Å². The summed E-state index contributed by atoms with van der Waals surface area (Å²) in [6.45, 7) is 13.5. The van der Waals surface area contributed by atoms with Gasteiger partial charge in [-0.3, -0.25) is 0 Å². The second-order valence-electron chi connectivity index (χ2n) is 6.58. The molecule has 3 atom stereocenters. The molecule has 0 rings (SSSR count). The second-order valence-corrected chi connectivity index (χ2v) is 6.58. The van der Waals surface area contributed by atoms with Gasteiger partial charge in [0.1, 0.15) is 0 Å². The summed E-state index contributed by atoms with van der Waals surface area (Å²) in [4.78, 5) is 0. The summed E-state index contributed by atoms with van der Waals surface area (Å²) in [6, 6.07) is 0. The molecule has 0 aliphatic rings. The molecule has 0 aromatic rings. The van der Waals surface area contributed by atoms with Crippen LogP contribution in [0.25, 0.3) is 0 Å². The third-order valence-electron chi connectivity index (χ3n) is 4.43. The predicted molar refractivity (Wildman–Crippen MR) is 91.1 cm³/mol.